The summed E-state index contributed by atoms with van der Waals surface area (Å²) in [5, 5.41) is 8.87. The number of aliphatic carboxylic acids is 1. The van der Waals surface area contributed by atoms with Gasteiger partial charge in [0.2, 0.25) is 5.91 Å². The van der Waals surface area contributed by atoms with Gasteiger partial charge in [0.25, 0.3) is 0 Å². The van der Waals surface area contributed by atoms with Gasteiger partial charge < -0.3 is 10.0 Å². The van der Waals surface area contributed by atoms with E-state index in [4.69, 9.17) is 5.11 Å². The van der Waals surface area contributed by atoms with Crippen LogP contribution < -0.4 is 0 Å². The number of carbonyl (C=O) groups is 2. The number of hydrogen-bond acceptors (Lipinski definition) is 2. The average Bonchev–Trinajstić information content (AvgIpc) is 2.42. The lowest BCUT2D eigenvalue weighted by Gasteiger charge is -2.25. The number of benzene rings is 1. The molecule has 0 heterocycles. The Labute approximate surface area is 127 Å². The number of carbonyl (C=O) groups excluding carboxylic acids is 1. The summed E-state index contributed by atoms with van der Waals surface area (Å²) in [7, 11) is 0. The van der Waals surface area contributed by atoms with Crippen LogP contribution in [0.2, 0.25) is 0 Å². The third kappa shape index (κ3) is 5.17. The first-order valence-electron chi connectivity index (χ1n) is 6.40. The van der Waals surface area contributed by atoms with Crippen LogP contribution in [0, 0.1) is 0 Å². The fraction of sp³-hybridized carbons (Fsp3) is 0.333. The average molecular weight is 340 g/mol. The second-order valence-electron chi connectivity index (χ2n) is 4.50. The Hall–Kier alpha value is -1.62. The highest BCUT2D eigenvalue weighted by Crippen LogP contribution is 2.12. The van der Waals surface area contributed by atoms with Crippen molar-refractivity contribution >= 4 is 33.9 Å². The number of halogens is 1. The van der Waals surface area contributed by atoms with Crippen LogP contribution in [0.15, 0.2) is 34.8 Å². The maximum absolute atomic E-state index is 12.1. The van der Waals surface area contributed by atoms with Gasteiger partial charge in [0.15, 0.2) is 0 Å². The predicted octanol–water partition coefficient (Wildman–Crippen LogP) is 3.17. The Morgan fingerprint density at radius 1 is 1.35 bits per heavy atom. The van der Waals surface area contributed by atoms with Crippen LogP contribution in [0.1, 0.15) is 25.8 Å². The zero-order valence-electron chi connectivity index (χ0n) is 11.5. The lowest BCUT2D eigenvalue weighted by atomic mass is 10.2. The van der Waals surface area contributed by atoms with E-state index in [1.807, 2.05) is 38.1 Å². The van der Waals surface area contributed by atoms with Crippen LogP contribution in [-0.4, -0.2) is 34.5 Å². The standard InChI is InChI=1S/C15H18BrNO3/c1-3-11(2)17(10-15(19)20)14(18)9-6-12-4-7-13(16)8-5-12/h4-9,11H,3,10H2,1-2H3,(H,19,20)/b9-6+. The number of carboxylic acids is 1. The fourth-order valence-corrected chi connectivity index (χ4v) is 1.92. The minimum Gasteiger partial charge on any atom is -0.480 e. The third-order valence-electron chi connectivity index (χ3n) is 3.00. The van der Waals surface area contributed by atoms with Crippen molar-refractivity contribution in [1.29, 1.82) is 0 Å². The molecule has 4 nitrogen and oxygen atoms in total. The molecule has 1 aromatic carbocycles. The molecule has 1 atom stereocenters. The van der Waals surface area contributed by atoms with Gasteiger partial charge in [-0.15, -0.1) is 0 Å². The second-order valence-corrected chi connectivity index (χ2v) is 5.42. The molecule has 0 saturated carbocycles. The molecule has 1 unspecified atom stereocenters. The van der Waals surface area contributed by atoms with Crippen molar-refractivity contribution in [1.82, 2.24) is 4.90 Å². The SMILES string of the molecule is CCC(C)N(CC(=O)O)C(=O)/C=C/c1ccc(Br)cc1. The van der Waals surface area contributed by atoms with Crippen molar-refractivity contribution in [2.45, 2.75) is 26.3 Å². The summed E-state index contributed by atoms with van der Waals surface area (Å²) in [6.45, 7) is 3.48. The van der Waals surface area contributed by atoms with Crippen molar-refractivity contribution in [2.24, 2.45) is 0 Å². The molecule has 108 valence electrons. The molecule has 1 aromatic rings. The van der Waals surface area contributed by atoms with E-state index >= 15 is 0 Å². The van der Waals surface area contributed by atoms with E-state index in [1.165, 1.54) is 11.0 Å². The summed E-state index contributed by atoms with van der Waals surface area (Å²) >= 11 is 3.34. The minimum atomic E-state index is -1.00. The monoisotopic (exact) mass is 339 g/mol. The number of carboxylic acid groups (broad SMARTS) is 1. The third-order valence-corrected chi connectivity index (χ3v) is 3.53. The van der Waals surface area contributed by atoms with Crippen molar-refractivity contribution < 1.29 is 14.7 Å². The first-order valence-corrected chi connectivity index (χ1v) is 7.19. The van der Waals surface area contributed by atoms with E-state index in [-0.39, 0.29) is 18.5 Å². The molecule has 0 radical (unpaired) electrons. The summed E-state index contributed by atoms with van der Waals surface area (Å²) in [6.07, 6.45) is 3.81. The van der Waals surface area contributed by atoms with E-state index in [2.05, 4.69) is 15.9 Å². The first kappa shape index (κ1) is 16.4. The summed E-state index contributed by atoms with van der Waals surface area (Å²) in [4.78, 5) is 24.3. The maximum atomic E-state index is 12.1. The molecule has 20 heavy (non-hydrogen) atoms. The molecule has 0 aliphatic heterocycles. The molecule has 1 amide bonds. The van der Waals surface area contributed by atoms with E-state index in [9.17, 15) is 9.59 Å². The normalized spacial score (nSPS) is 12.3. The van der Waals surface area contributed by atoms with E-state index in [0.29, 0.717) is 6.42 Å². The molecule has 0 bridgehead atoms. The van der Waals surface area contributed by atoms with Crippen molar-refractivity contribution in [3.05, 3.63) is 40.4 Å². The van der Waals surface area contributed by atoms with Crippen LogP contribution in [-0.2, 0) is 9.59 Å². The predicted molar refractivity (Wildman–Crippen MR) is 82.3 cm³/mol. The highest BCUT2D eigenvalue weighted by Gasteiger charge is 2.19. The summed E-state index contributed by atoms with van der Waals surface area (Å²) in [5.74, 6) is -1.29. The highest BCUT2D eigenvalue weighted by atomic mass is 79.9. The molecule has 1 rings (SSSR count). The van der Waals surface area contributed by atoms with Crippen LogP contribution >= 0.6 is 15.9 Å². The molecule has 5 heteroatoms. The molecule has 0 aliphatic carbocycles. The van der Waals surface area contributed by atoms with Gasteiger partial charge in [-0.05, 0) is 37.1 Å². The number of amides is 1. The molecule has 1 N–H and O–H groups in total. The van der Waals surface area contributed by atoms with Crippen LogP contribution in [0.4, 0.5) is 0 Å². The first-order chi connectivity index (χ1) is 9.43. The Balaban J connectivity index is 2.79. The van der Waals surface area contributed by atoms with Gasteiger partial charge in [0.05, 0.1) is 0 Å². The molecule has 0 aromatic heterocycles. The smallest absolute Gasteiger partial charge is 0.323 e. The van der Waals surface area contributed by atoms with Gasteiger partial charge in [-0.2, -0.15) is 0 Å². The molecule has 0 spiro atoms. The zero-order valence-corrected chi connectivity index (χ0v) is 13.1. The van der Waals surface area contributed by atoms with Crippen molar-refractivity contribution in [3.63, 3.8) is 0 Å². The lowest BCUT2D eigenvalue weighted by molar-refractivity contribution is -0.144. The Morgan fingerprint density at radius 2 is 1.95 bits per heavy atom. The molecule has 0 fully saturated rings. The van der Waals surface area contributed by atoms with Crippen LogP contribution in [0.25, 0.3) is 6.08 Å². The topological polar surface area (TPSA) is 57.6 Å². The van der Waals surface area contributed by atoms with Crippen molar-refractivity contribution in [2.75, 3.05) is 6.54 Å². The van der Waals surface area contributed by atoms with Gasteiger partial charge in [0.1, 0.15) is 6.54 Å². The number of hydrogen-bond donors (Lipinski definition) is 1. The molecular weight excluding hydrogens is 322 g/mol. The number of nitrogens with zero attached hydrogens (tertiary/aromatic N) is 1. The van der Waals surface area contributed by atoms with Gasteiger partial charge in [-0.3, -0.25) is 9.59 Å². The largest absolute Gasteiger partial charge is 0.480 e. The molecule has 0 saturated heterocycles. The highest BCUT2D eigenvalue weighted by molar-refractivity contribution is 9.10. The Morgan fingerprint density at radius 3 is 2.45 bits per heavy atom. The van der Waals surface area contributed by atoms with E-state index in [0.717, 1.165) is 10.0 Å². The summed E-state index contributed by atoms with van der Waals surface area (Å²) in [5.41, 5.74) is 0.890. The summed E-state index contributed by atoms with van der Waals surface area (Å²) < 4.78 is 0.966. The van der Waals surface area contributed by atoms with Crippen molar-refractivity contribution in [3.8, 4) is 0 Å². The molecule has 0 aliphatic rings. The van der Waals surface area contributed by atoms with Crippen LogP contribution in [0.3, 0.4) is 0 Å². The van der Waals surface area contributed by atoms with Crippen LogP contribution in [0.5, 0.6) is 0 Å². The molecular formula is C15H18BrNO3. The lowest BCUT2D eigenvalue weighted by Crippen LogP contribution is -2.40. The Kier molecular flexibility index (Phi) is 6.45. The number of rotatable bonds is 6. The maximum Gasteiger partial charge on any atom is 0.323 e. The minimum absolute atomic E-state index is 0.104. The van der Waals surface area contributed by atoms with Gasteiger partial charge in [-0.1, -0.05) is 35.0 Å². The fourth-order valence-electron chi connectivity index (χ4n) is 1.65. The second kappa shape index (κ2) is 7.85. The summed E-state index contributed by atoms with van der Waals surface area (Å²) in [6, 6.07) is 7.41. The zero-order chi connectivity index (χ0) is 15.1. The quantitative estimate of drug-likeness (QED) is 0.810. The van der Waals surface area contributed by atoms with Gasteiger partial charge in [-0.25, -0.2) is 0 Å². The van der Waals surface area contributed by atoms with Gasteiger partial charge in [0, 0.05) is 16.6 Å². The van der Waals surface area contributed by atoms with E-state index in [1.54, 1.807) is 6.08 Å². The van der Waals surface area contributed by atoms with Gasteiger partial charge >= 0.3 is 5.97 Å². The Bertz CT molecular complexity index is 496. The van der Waals surface area contributed by atoms with E-state index < -0.39 is 5.97 Å².